The summed E-state index contributed by atoms with van der Waals surface area (Å²) in [5, 5.41) is 2.77. The van der Waals surface area contributed by atoms with Crippen molar-refractivity contribution in [3.05, 3.63) is 0 Å². The quantitative estimate of drug-likeness (QED) is 0.628. The summed E-state index contributed by atoms with van der Waals surface area (Å²) in [5.74, 6) is 5.75. The Morgan fingerprint density at radius 1 is 1.58 bits per heavy atom. The van der Waals surface area contributed by atoms with E-state index < -0.39 is 0 Å². The van der Waals surface area contributed by atoms with Gasteiger partial charge in [-0.1, -0.05) is 25.2 Å². The Kier molecular flexibility index (Phi) is 3.66. The Balaban J connectivity index is 1.99. The number of hydrogen-bond acceptors (Lipinski definition) is 1. The van der Waals surface area contributed by atoms with E-state index in [1.165, 1.54) is 19.3 Å². The van der Waals surface area contributed by atoms with Crippen LogP contribution < -0.4 is 5.32 Å². The second kappa shape index (κ2) is 4.82. The van der Waals surface area contributed by atoms with Gasteiger partial charge in [-0.3, -0.25) is 4.79 Å². The third-order valence-corrected chi connectivity index (χ3v) is 2.30. The average molecular weight is 165 g/mol. The van der Waals surface area contributed by atoms with Gasteiger partial charge in [0, 0.05) is 6.54 Å². The number of carbonyl (C=O) groups is 1. The Morgan fingerprint density at radius 2 is 2.33 bits per heavy atom. The molecule has 12 heavy (non-hydrogen) atoms. The van der Waals surface area contributed by atoms with Crippen molar-refractivity contribution in [3.8, 4) is 11.8 Å². The summed E-state index contributed by atoms with van der Waals surface area (Å²) in [4.78, 5) is 10.8. The molecule has 1 fully saturated rings. The lowest BCUT2D eigenvalue weighted by Gasteiger charge is -2.24. The monoisotopic (exact) mass is 165 g/mol. The first-order valence-corrected chi connectivity index (χ1v) is 4.53. The lowest BCUT2D eigenvalue weighted by molar-refractivity contribution is -0.115. The van der Waals surface area contributed by atoms with E-state index >= 15 is 0 Å². The third kappa shape index (κ3) is 2.96. The molecule has 0 atom stereocenters. The molecule has 0 radical (unpaired) electrons. The summed E-state index contributed by atoms with van der Waals surface area (Å²) in [6, 6.07) is 0. The zero-order chi connectivity index (χ0) is 8.81. The van der Waals surface area contributed by atoms with Gasteiger partial charge < -0.3 is 5.32 Å². The number of rotatable bonds is 3. The number of nitrogens with one attached hydrogen (secondary N) is 1. The second-order valence-electron chi connectivity index (χ2n) is 3.22. The minimum atomic E-state index is -0.142. The van der Waals surface area contributed by atoms with Crippen molar-refractivity contribution in [2.24, 2.45) is 5.92 Å². The molecule has 1 saturated carbocycles. The molecule has 66 valence electrons. The standard InChI is InChI=1S/C10H15NO/c1-2-4-10(12)11-8-7-9-5-3-6-9/h9H,3,5-8H2,1H3,(H,11,12). The van der Waals surface area contributed by atoms with Gasteiger partial charge in [0.2, 0.25) is 0 Å². The highest BCUT2D eigenvalue weighted by atomic mass is 16.1. The maximum absolute atomic E-state index is 10.8. The van der Waals surface area contributed by atoms with E-state index in [0.717, 1.165) is 18.9 Å². The van der Waals surface area contributed by atoms with Crippen LogP contribution in [0.4, 0.5) is 0 Å². The van der Waals surface area contributed by atoms with Crippen LogP contribution in [0.3, 0.4) is 0 Å². The molecule has 1 amide bonds. The fourth-order valence-electron chi connectivity index (χ4n) is 1.33. The Bertz CT molecular complexity index is 208. The molecule has 1 rings (SSSR count). The zero-order valence-corrected chi connectivity index (χ0v) is 7.52. The fourth-order valence-corrected chi connectivity index (χ4v) is 1.33. The Morgan fingerprint density at radius 3 is 2.83 bits per heavy atom. The first kappa shape index (κ1) is 9.12. The smallest absolute Gasteiger partial charge is 0.295 e. The van der Waals surface area contributed by atoms with Crippen molar-refractivity contribution in [2.45, 2.75) is 32.6 Å². The molecule has 0 aromatic heterocycles. The maximum atomic E-state index is 10.8. The van der Waals surface area contributed by atoms with Gasteiger partial charge >= 0.3 is 0 Å². The predicted octanol–water partition coefficient (Wildman–Crippen LogP) is 1.32. The van der Waals surface area contributed by atoms with Gasteiger partial charge in [-0.05, 0) is 25.2 Å². The fraction of sp³-hybridized carbons (Fsp3) is 0.700. The second-order valence-corrected chi connectivity index (χ2v) is 3.22. The lowest BCUT2D eigenvalue weighted by Crippen LogP contribution is -2.26. The topological polar surface area (TPSA) is 29.1 Å². The molecule has 0 unspecified atom stereocenters. The summed E-state index contributed by atoms with van der Waals surface area (Å²) in [7, 11) is 0. The molecule has 1 N–H and O–H groups in total. The first-order valence-electron chi connectivity index (χ1n) is 4.53. The molecule has 0 bridgehead atoms. The molecule has 0 saturated heterocycles. The van der Waals surface area contributed by atoms with Gasteiger partial charge in [0.25, 0.3) is 5.91 Å². The van der Waals surface area contributed by atoms with E-state index in [-0.39, 0.29) is 5.91 Å². The van der Waals surface area contributed by atoms with E-state index in [2.05, 4.69) is 17.2 Å². The largest absolute Gasteiger partial charge is 0.345 e. The average Bonchev–Trinajstić information content (AvgIpc) is 1.95. The van der Waals surface area contributed by atoms with Gasteiger partial charge in [-0.15, -0.1) is 0 Å². The lowest BCUT2D eigenvalue weighted by atomic mass is 9.83. The minimum Gasteiger partial charge on any atom is -0.345 e. The van der Waals surface area contributed by atoms with Gasteiger partial charge in [0.05, 0.1) is 0 Å². The van der Waals surface area contributed by atoms with E-state index in [1.807, 2.05) is 0 Å². The van der Waals surface area contributed by atoms with E-state index in [4.69, 9.17) is 0 Å². The molecule has 1 aliphatic carbocycles. The van der Waals surface area contributed by atoms with Gasteiger partial charge in [0.15, 0.2) is 0 Å². The van der Waals surface area contributed by atoms with Crippen molar-refractivity contribution in [3.63, 3.8) is 0 Å². The highest BCUT2D eigenvalue weighted by Crippen LogP contribution is 2.28. The normalized spacial score (nSPS) is 15.8. The highest BCUT2D eigenvalue weighted by Gasteiger charge is 2.16. The summed E-state index contributed by atoms with van der Waals surface area (Å²) in [5.41, 5.74) is 0. The maximum Gasteiger partial charge on any atom is 0.295 e. The molecule has 0 spiro atoms. The van der Waals surface area contributed by atoms with Crippen molar-refractivity contribution in [2.75, 3.05) is 6.54 Å². The van der Waals surface area contributed by atoms with Crippen LogP contribution in [0.5, 0.6) is 0 Å². The highest BCUT2D eigenvalue weighted by molar-refractivity contribution is 5.93. The Hall–Kier alpha value is -0.970. The molecule has 0 aliphatic heterocycles. The minimum absolute atomic E-state index is 0.142. The number of amides is 1. The van der Waals surface area contributed by atoms with Crippen molar-refractivity contribution < 1.29 is 4.79 Å². The van der Waals surface area contributed by atoms with Crippen LogP contribution in [0, 0.1) is 17.8 Å². The molecule has 1 aliphatic rings. The summed E-state index contributed by atoms with van der Waals surface area (Å²) in [6.07, 6.45) is 5.18. The number of hydrogen-bond donors (Lipinski definition) is 1. The van der Waals surface area contributed by atoms with Crippen molar-refractivity contribution in [1.82, 2.24) is 5.32 Å². The molecular formula is C10H15NO. The molecule has 2 heteroatoms. The molecular weight excluding hydrogens is 150 g/mol. The van der Waals surface area contributed by atoms with Crippen molar-refractivity contribution >= 4 is 5.91 Å². The van der Waals surface area contributed by atoms with Crippen LogP contribution in [-0.4, -0.2) is 12.5 Å². The van der Waals surface area contributed by atoms with Crippen LogP contribution >= 0.6 is 0 Å². The first-order chi connectivity index (χ1) is 5.83. The van der Waals surface area contributed by atoms with Crippen LogP contribution in [0.1, 0.15) is 32.6 Å². The van der Waals surface area contributed by atoms with Crippen LogP contribution in [0.25, 0.3) is 0 Å². The molecule has 2 nitrogen and oxygen atoms in total. The van der Waals surface area contributed by atoms with Crippen LogP contribution in [0.15, 0.2) is 0 Å². The molecule has 0 heterocycles. The number of carbonyl (C=O) groups excluding carboxylic acids is 1. The van der Waals surface area contributed by atoms with E-state index in [9.17, 15) is 4.79 Å². The predicted molar refractivity (Wildman–Crippen MR) is 48.4 cm³/mol. The summed E-state index contributed by atoms with van der Waals surface area (Å²) >= 11 is 0. The van der Waals surface area contributed by atoms with Gasteiger partial charge in [-0.2, -0.15) is 0 Å². The van der Waals surface area contributed by atoms with Crippen LogP contribution in [-0.2, 0) is 4.79 Å². The van der Waals surface area contributed by atoms with Crippen LogP contribution in [0.2, 0.25) is 0 Å². The van der Waals surface area contributed by atoms with Crippen molar-refractivity contribution in [1.29, 1.82) is 0 Å². The SMILES string of the molecule is CC#CC(=O)NCCC1CCC1. The summed E-state index contributed by atoms with van der Waals surface area (Å²) < 4.78 is 0. The zero-order valence-electron chi connectivity index (χ0n) is 7.52. The van der Waals surface area contributed by atoms with E-state index in [0.29, 0.717) is 0 Å². The Labute approximate surface area is 73.7 Å². The molecule has 0 aromatic rings. The van der Waals surface area contributed by atoms with E-state index in [1.54, 1.807) is 6.92 Å². The molecule has 0 aromatic carbocycles. The van der Waals surface area contributed by atoms with Gasteiger partial charge in [-0.25, -0.2) is 0 Å². The summed E-state index contributed by atoms with van der Waals surface area (Å²) in [6.45, 7) is 2.46. The third-order valence-electron chi connectivity index (χ3n) is 2.30. The van der Waals surface area contributed by atoms with Gasteiger partial charge in [0.1, 0.15) is 0 Å².